The van der Waals surface area contributed by atoms with E-state index in [1.807, 2.05) is 37.2 Å². The number of fused-ring (bicyclic) bond motifs is 1. The molecule has 0 saturated carbocycles. The number of anilines is 2. The number of carbonyl (C=O) groups excluding carboxylic acids is 1. The van der Waals surface area contributed by atoms with E-state index in [2.05, 4.69) is 40.0 Å². The number of thioether (sulfide) groups is 1. The van der Waals surface area contributed by atoms with Crippen LogP contribution in [0.5, 0.6) is 0 Å². The number of hydrogen-bond donors (Lipinski definition) is 1. The smallest absolute Gasteiger partial charge is 0.237 e. The molecule has 7 heteroatoms. The summed E-state index contributed by atoms with van der Waals surface area (Å²) in [6, 6.07) is 8.22. The lowest BCUT2D eigenvalue weighted by atomic mass is 10.1. The molecule has 0 bridgehead atoms. The number of rotatable bonds is 4. The van der Waals surface area contributed by atoms with Gasteiger partial charge in [0.2, 0.25) is 11.9 Å². The van der Waals surface area contributed by atoms with Crippen molar-refractivity contribution in [1.29, 1.82) is 0 Å². The first-order chi connectivity index (χ1) is 11.5. The van der Waals surface area contributed by atoms with Crippen LogP contribution in [0.25, 0.3) is 0 Å². The van der Waals surface area contributed by atoms with Gasteiger partial charge in [-0.25, -0.2) is 0 Å². The van der Waals surface area contributed by atoms with Crippen LogP contribution in [0.4, 0.5) is 11.6 Å². The molecule has 0 fully saturated rings. The second-order valence-corrected chi connectivity index (χ2v) is 7.60. The minimum atomic E-state index is -0.172. The lowest BCUT2D eigenvalue weighted by Gasteiger charge is -2.19. The fourth-order valence-electron chi connectivity index (χ4n) is 2.84. The second kappa shape index (κ2) is 6.84. The molecule has 1 atom stereocenters. The standard InChI is InChI=1S/C17H23N5OS/c1-11(2)22-16(21(3)4)19-20-17(22)24-14-10-9-12-7-5-6-8-13(12)18-15(14)23/h5-8,11,14H,9-10H2,1-4H3,(H,18,23). The fourth-order valence-corrected chi connectivity index (χ4v) is 3.99. The monoisotopic (exact) mass is 345 g/mol. The number of aryl methyl sites for hydroxylation is 1. The van der Waals surface area contributed by atoms with E-state index in [0.29, 0.717) is 0 Å². The normalized spacial score (nSPS) is 17.4. The summed E-state index contributed by atoms with van der Waals surface area (Å²) in [5, 5.41) is 12.3. The number of nitrogens with zero attached hydrogens (tertiary/aromatic N) is 4. The second-order valence-electron chi connectivity index (χ2n) is 6.43. The van der Waals surface area contributed by atoms with Crippen molar-refractivity contribution in [3.05, 3.63) is 29.8 Å². The molecular formula is C17H23N5OS. The first-order valence-electron chi connectivity index (χ1n) is 8.15. The third-order valence-corrected chi connectivity index (χ3v) is 5.28. The third kappa shape index (κ3) is 3.26. The zero-order valence-electron chi connectivity index (χ0n) is 14.5. The molecular weight excluding hydrogens is 322 g/mol. The van der Waals surface area contributed by atoms with E-state index in [0.717, 1.165) is 29.6 Å². The Balaban J connectivity index is 1.83. The van der Waals surface area contributed by atoms with Crippen LogP contribution >= 0.6 is 11.8 Å². The van der Waals surface area contributed by atoms with Gasteiger partial charge in [-0.3, -0.25) is 9.36 Å². The Morgan fingerprint density at radius 3 is 2.75 bits per heavy atom. The summed E-state index contributed by atoms with van der Waals surface area (Å²) in [6.07, 6.45) is 1.67. The molecule has 2 heterocycles. The molecule has 6 nitrogen and oxygen atoms in total. The number of aromatic nitrogens is 3. The van der Waals surface area contributed by atoms with E-state index in [4.69, 9.17) is 0 Å². The van der Waals surface area contributed by atoms with Gasteiger partial charge in [0.05, 0.1) is 5.25 Å². The molecule has 0 radical (unpaired) electrons. The van der Waals surface area contributed by atoms with Gasteiger partial charge < -0.3 is 10.2 Å². The molecule has 0 aliphatic carbocycles. The van der Waals surface area contributed by atoms with Crippen LogP contribution in [-0.4, -0.2) is 40.0 Å². The zero-order valence-corrected chi connectivity index (χ0v) is 15.3. The van der Waals surface area contributed by atoms with Crippen molar-refractivity contribution in [2.24, 2.45) is 0 Å². The fraction of sp³-hybridized carbons (Fsp3) is 0.471. The Bertz CT molecular complexity index is 740. The first-order valence-corrected chi connectivity index (χ1v) is 9.03. The minimum Gasteiger partial charge on any atom is -0.347 e. The summed E-state index contributed by atoms with van der Waals surface area (Å²) in [5.74, 6) is 0.847. The lowest BCUT2D eigenvalue weighted by molar-refractivity contribution is -0.115. The Labute approximate surface area is 146 Å². The Morgan fingerprint density at radius 1 is 1.29 bits per heavy atom. The van der Waals surface area contributed by atoms with Gasteiger partial charge in [-0.2, -0.15) is 0 Å². The van der Waals surface area contributed by atoms with Gasteiger partial charge in [-0.1, -0.05) is 30.0 Å². The van der Waals surface area contributed by atoms with Crippen LogP contribution < -0.4 is 10.2 Å². The predicted molar refractivity (Wildman–Crippen MR) is 97.8 cm³/mol. The molecule has 24 heavy (non-hydrogen) atoms. The van der Waals surface area contributed by atoms with Crippen molar-refractivity contribution < 1.29 is 4.79 Å². The van der Waals surface area contributed by atoms with E-state index in [9.17, 15) is 4.79 Å². The van der Waals surface area contributed by atoms with Crippen LogP contribution in [0, 0.1) is 0 Å². The molecule has 1 N–H and O–H groups in total. The van der Waals surface area contributed by atoms with Crippen molar-refractivity contribution in [3.8, 4) is 0 Å². The molecule has 0 saturated heterocycles. The van der Waals surface area contributed by atoms with Crippen molar-refractivity contribution >= 4 is 29.3 Å². The van der Waals surface area contributed by atoms with Crippen molar-refractivity contribution in [2.45, 2.75) is 43.1 Å². The molecule has 1 aromatic carbocycles. The lowest BCUT2D eigenvalue weighted by Crippen LogP contribution is -2.24. The average molecular weight is 345 g/mol. The predicted octanol–water partition coefficient (Wildman–Crippen LogP) is 2.97. The molecule has 2 aromatic rings. The highest BCUT2D eigenvalue weighted by atomic mass is 32.2. The van der Waals surface area contributed by atoms with Gasteiger partial charge in [0.15, 0.2) is 5.16 Å². The Hall–Kier alpha value is -2.02. The molecule has 1 unspecified atom stereocenters. The maximum absolute atomic E-state index is 12.6. The van der Waals surface area contributed by atoms with Crippen LogP contribution in [0.2, 0.25) is 0 Å². The molecule has 3 rings (SSSR count). The zero-order chi connectivity index (χ0) is 17.3. The van der Waals surface area contributed by atoms with Crippen LogP contribution in [0.15, 0.2) is 29.4 Å². The quantitative estimate of drug-likeness (QED) is 0.923. The van der Waals surface area contributed by atoms with Crippen molar-refractivity contribution in [3.63, 3.8) is 0 Å². The Kier molecular flexibility index (Phi) is 4.80. The van der Waals surface area contributed by atoms with Crippen molar-refractivity contribution in [2.75, 3.05) is 24.3 Å². The molecule has 0 spiro atoms. The van der Waals surface area contributed by atoms with Crippen LogP contribution in [-0.2, 0) is 11.2 Å². The van der Waals surface area contributed by atoms with Gasteiger partial charge in [-0.05, 0) is 38.3 Å². The summed E-state index contributed by atoms with van der Waals surface area (Å²) in [7, 11) is 3.90. The summed E-state index contributed by atoms with van der Waals surface area (Å²) in [6.45, 7) is 4.20. The number of hydrogen-bond acceptors (Lipinski definition) is 5. The van der Waals surface area contributed by atoms with E-state index in [1.165, 1.54) is 17.3 Å². The largest absolute Gasteiger partial charge is 0.347 e. The topological polar surface area (TPSA) is 63.1 Å². The van der Waals surface area contributed by atoms with Gasteiger partial charge in [0.25, 0.3) is 0 Å². The van der Waals surface area contributed by atoms with Crippen LogP contribution in [0.3, 0.4) is 0 Å². The summed E-state index contributed by atoms with van der Waals surface area (Å²) in [5.41, 5.74) is 2.11. The van der Waals surface area contributed by atoms with E-state index < -0.39 is 0 Å². The third-order valence-electron chi connectivity index (χ3n) is 4.05. The summed E-state index contributed by atoms with van der Waals surface area (Å²) < 4.78 is 2.08. The van der Waals surface area contributed by atoms with Gasteiger partial charge in [-0.15, -0.1) is 10.2 Å². The first kappa shape index (κ1) is 16.8. The van der Waals surface area contributed by atoms with Crippen LogP contribution in [0.1, 0.15) is 31.9 Å². The molecule has 1 aromatic heterocycles. The number of amides is 1. The average Bonchev–Trinajstić information content (AvgIpc) is 2.89. The van der Waals surface area contributed by atoms with Gasteiger partial charge in [0, 0.05) is 25.8 Å². The SMILES string of the molecule is CC(C)n1c(SC2CCc3ccccc3NC2=O)nnc1N(C)C. The number of benzene rings is 1. The van der Waals surface area contributed by atoms with Gasteiger partial charge in [0.1, 0.15) is 0 Å². The number of carbonyl (C=O) groups is 1. The van der Waals surface area contributed by atoms with E-state index in [1.54, 1.807) is 0 Å². The molecule has 1 amide bonds. The number of nitrogens with one attached hydrogen (secondary N) is 1. The number of para-hydroxylation sites is 1. The molecule has 128 valence electrons. The Morgan fingerprint density at radius 2 is 2.04 bits per heavy atom. The van der Waals surface area contributed by atoms with Gasteiger partial charge >= 0.3 is 0 Å². The minimum absolute atomic E-state index is 0.0367. The highest BCUT2D eigenvalue weighted by Gasteiger charge is 2.28. The van der Waals surface area contributed by atoms with E-state index in [-0.39, 0.29) is 17.2 Å². The summed E-state index contributed by atoms with van der Waals surface area (Å²) >= 11 is 1.50. The summed E-state index contributed by atoms with van der Waals surface area (Å²) in [4.78, 5) is 14.5. The molecule has 1 aliphatic rings. The highest BCUT2D eigenvalue weighted by Crippen LogP contribution is 2.33. The maximum atomic E-state index is 12.6. The maximum Gasteiger partial charge on any atom is 0.237 e. The highest BCUT2D eigenvalue weighted by molar-refractivity contribution is 8.00. The van der Waals surface area contributed by atoms with E-state index >= 15 is 0 Å². The molecule has 1 aliphatic heterocycles. The van der Waals surface area contributed by atoms with Crippen molar-refractivity contribution in [1.82, 2.24) is 14.8 Å².